The van der Waals surface area contributed by atoms with Crippen molar-refractivity contribution in [3.63, 3.8) is 0 Å². The SMILES string of the molecule is COc1cc(NC(=O)/C=C/c2ccc(C(=O)NC3CC3)cc2)c(OC)cc1Cl. The van der Waals surface area contributed by atoms with E-state index in [0.29, 0.717) is 33.8 Å². The van der Waals surface area contributed by atoms with E-state index in [-0.39, 0.29) is 11.8 Å². The summed E-state index contributed by atoms with van der Waals surface area (Å²) in [5, 5.41) is 6.06. The van der Waals surface area contributed by atoms with Gasteiger partial charge in [-0.05, 0) is 36.6 Å². The molecule has 6 nitrogen and oxygen atoms in total. The van der Waals surface area contributed by atoms with E-state index < -0.39 is 0 Å². The first kappa shape index (κ1) is 19.8. The largest absolute Gasteiger partial charge is 0.495 e. The van der Waals surface area contributed by atoms with Gasteiger partial charge in [-0.25, -0.2) is 0 Å². The molecule has 2 aromatic rings. The van der Waals surface area contributed by atoms with Crippen LogP contribution >= 0.6 is 11.6 Å². The van der Waals surface area contributed by atoms with E-state index in [9.17, 15) is 9.59 Å². The molecule has 2 amide bonds. The molecule has 7 heteroatoms. The topological polar surface area (TPSA) is 76.7 Å². The van der Waals surface area contributed by atoms with Crippen molar-refractivity contribution in [3.8, 4) is 11.5 Å². The van der Waals surface area contributed by atoms with Crippen LogP contribution in [0.3, 0.4) is 0 Å². The van der Waals surface area contributed by atoms with Crippen LogP contribution in [0, 0.1) is 0 Å². The van der Waals surface area contributed by atoms with Gasteiger partial charge in [0, 0.05) is 29.8 Å². The molecule has 1 fully saturated rings. The Morgan fingerprint density at radius 2 is 1.75 bits per heavy atom. The van der Waals surface area contributed by atoms with E-state index in [0.717, 1.165) is 18.4 Å². The lowest BCUT2D eigenvalue weighted by Crippen LogP contribution is -2.25. The fourth-order valence-corrected chi connectivity index (χ4v) is 2.78. The molecule has 1 aliphatic carbocycles. The number of carbonyl (C=O) groups excluding carboxylic acids is 2. The molecule has 0 unspecified atom stereocenters. The number of hydrogen-bond acceptors (Lipinski definition) is 4. The number of halogens is 1. The van der Waals surface area contributed by atoms with E-state index in [2.05, 4.69) is 10.6 Å². The van der Waals surface area contributed by atoms with E-state index in [1.807, 2.05) is 0 Å². The Bertz CT molecular complexity index is 905. The van der Waals surface area contributed by atoms with Crippen LogP contribution in [0.2, 0.25) is 5.02 Å². The number of nitrogens with one attached hydrogen (secondary N) is 2. The normalized spacial score (nSPS) is 13.2. The molecule has 1 aliphatic rings. The number of rotatable bonds is 7. The molecule has 3 rings (SSSR count). The van der Waals surface area contributed by atoms with Crippen LogP contribution in [-0.2, 0) is 4.79 Å². The van der Waals surface area contributed by atoms with Crippen LogP contribution < -0.4 is 20.1 Å². The maximum Gasteiger partial charge on any atom is 0.251 e. The maximum absolute atomic E-state index is 12.3. The molecule has 0 radical (unpaired) electrons. The standard InChI is InChI=1S/C21H21ClN2O4/c1-27-18-12-17(19(28-2)11-16(18)22)24-20(25)10-5-13-3-6-14(7-4-13)21(26)23-15-8-9-15/h3-7,10-12,15H,8-9H2,1-2H3,(H,23,26)(H,24,25)/b10-5+. The van der Waals surface area contributed by atoms with Gasteiger partial charge in [-0.15, -0.1) is 0 Å². The summed E-state index contributed by atoms with van der Waals surface area (Å²) in [6, 6.07) is 10.5. The number of benzene rings is 2. The lowest BCUT2D eigenvalue weighted by molar-refractivity contribution is -0.111. The zero-order chi connectivity index (χ0) is 20.1. The van der Waals surface area contributed by atoms with E-state index in [1.54, 1.807) is 42.5 Å². The molecule has 146 valence electrons. The number of hydrogen-bond donors (Lipinski definition) is 2. The van der Waals surface area contributed by atoms with Gasteiger partial charge in [0.25, 0.3) is 5.91 Å². The molecule has 0 aromatic heterocycles. The second-order valence-corrected chi connectivity index (χ2v) is 6.79. The second-order valence-electron chi connectivity index (χ2n) is 6.38. The molecular formula is C21H21ClN2O4. The Morgan fingerprint density at radius 1 is 1.07 bits per heavy atom. The summed E-state index contributed by atoms with van der Waals surface area (Å²) in [7, 11) is 2.98. The Labute approximate surface area is 168 Å². The summed E-state index contributed by atoms with van der Waals surface area (Å²) in [6.07, 6.45) is 5.16. The van der Waals surface area contributed by atoms with E-state index in [4.69, 9.17) is 21.1 Å². The average Bonchev–Trinajstić information content (AvgIpc) is 3.51. The Balaban J connectivity index is 1.64. The third kappa shape index (κ3) is 5.04. The molecule has 0 atom stereocenters. The Hall–Kier alpha value is -2.99. The minimum atomic E-state index is -0.335. The number of methoxy groups -OCH3 is 2. The van der Waals surface area contributed by atoms with Gasteiger partial charge in [-0.2, -0.15) is 0 Å². The molecule has 1 saturated carbocycles. The highest BCUT2D eigenvalue weighted by molar-refractivity contribution is 6.32. The van der Waals surface area contributed by atoms with Crippen molar-refractivity contribution >= 4 is 35.2 Å². The summed E-state index contributed by atoms with van der Waals surface area (Å²) >= 11 is 6.06. The minimum Gasteiger partial charge on any atom is -0.495 e. The summed E-state index contributed by atoms with van der Waals surface area (Å²) in [6.45, 7) is 0. The van der Waals surface area contributed by atoms with Crippen LogP contribution in [0.5, 0.6) is 11.5 Å². The van der Waals surface area contributed by atoms with Crippen molar-refractivity contribution in [2.24, 2.45) is 0 Å². The smallest absolute Gasteiger partial charge is 0.251 e. The van der Waals surface area contributed by atoms with Crippen molar-refractivity contribution in [2.45, 2.75) is 18.9 Å². The Kier molecular flexibility index (Phi) is 6.21. The van der Waals surface area contributed by atoms with Crippen molar-refractivity contribution < 1.29 is 19.1 Å². The van der Waals surface area contributed by atoms with Gasteiger partial charge < -0.3 is 20.1 Å². The summed E-state index contributed by atoms with van der Waals surface area (Å²) in [5.41, 5.74) is 1.86. The van der Waals surface area contributed by atoms with E-state index >= 15 is 0 Å². The third-order valence-corrected chi connectivity index (χ3v) is 4.54. The molecule has 2 N–H and O–H groups in total. The van der Waals surface area contributed by atoms with Crippen molar-refractivity contribution in [1.82, 2.24) is 5.32 Å². The monoisotopic (exact) mass is 400 g/mol. The van der Waals surface area contributed by atoms with Crippen molar-refractivity contribution in [3.05, 3.63) is 58.6 Å². The van der Waals surface area contributed by atoms with Crippen LogP contribution in [0.1, 0.15) is 28.8 Å². The molecule has 0 bridgehead atoms. The molecule has 0 aliphatic heterocycles. The van der Waals surface area contributed by atoms with Gasteiger partial charge in [0.1, 0.15) is 11.5 Å². The molecule has 0 spiro atoms. The first-order chi connectivity index (χ1) is 13.5. The second kappa shape index (κ2) is 8.80. The summed E-state index contributed by atoms with van der Waals surface area (Å²) in [5.74, 6) is 0.457. The minimum absolute atomic E-state index is 0.0699. The number of amides is 2. The maximum atomic E-state index is 12.3. The van der Waals surface area contributed by atoms with Gasteiger partial charge in [-0.3, -0.25) is 9.59 Å². The highest BCUT2D eigenvalue weighted by atomic mass is 35.5. The van der Waals surface area contributed by atoms with Gasteiger partial charge in [0.15, 0.2) is 0 Å². The summed E-state index contributed by atoms with van der Waals surface area (Å²) in [4.78, 5) is 24.2. The van der Waals surface area contributed by atoms with Crippen LogP contribution in [0.4, 0.5) is 5.69 Å². The molecule has 0 saturated heterocycles. The van der Waals surface area contributed by atoms with E-state index in [1.165, 1.54) is 20.3 Å². The Morgan fingerprint density at radius 3 is 2.36 bits per heavy atom. The van der Waals surface area contributed by atoms with Gasteiger partial charge in [0.2, 0.25) is 5.91 Å². The molecule has 0 heterocycles. The van der Waals surface area contributed by atoms with Gasteiger partial charge in [-0.1, -0.05) is 23.7 Å². The first-order valence-corrected chi connectivity index (χ1v) is 9.19. The lowest BCUT2D eigenvalue weighted by Gasteiger charge is -2.12. The zero-order valence-electron chi connectivity index (χ0n) is 15.6. The van der Waals surface area contributed by atoms with Crippen LogP contribution in [-0.4, -0.2) is 32.1 Å². The fraction of sp³-hybridized carbons (Fsp3) is 0.238. The zero-order valence-corrected chi connectivity index (χ0v) is 16.4. The fourth-order valence-electron chi connectivity index (χ4n) is 2.55. The molecular weight excluding hydrogens is 380 g/mol. The van der Waals surface area contributed by atoms with Crippen molar-refractivity contribution in [2.75, 3.05) is 19.5 Å². The van der Waals surface area contributed by atoms with Crippen LogP contribution in [0.25, 0.3) is 6.08 Å². The predicted octanol–water partition coefficient (Wildman–Crippen LogP) is 3.90. The average molecular weight is 401 g/mol. The molecule has 28 heavy (non-hydrogen) atoms. The quantitative estimate of drug-likeness (QED) is 0.691. The van der Waals surface area contributed by atoms with Crippen molar-refractivity contribution in [1.29, 1.82) is 0 Å². The highest BCUT2D eigenvalue weighted by Crippen LogP contribution is 2.35. The number of ether oxygens (including phenoxy) is 2. The highest BCUT2D eigenvalue weighted by Gasteiger charge is 2.23. The van der Waals surface area contributed by atoms with Crippen LogP contribution in [0.15, 0.2) is 42.5 Å². The predicted molar refractivity (Wildman–Crippen MR) is 109 cm³/mol. The third-order valence-electron chi connectivity index (χ3n) is 4.24. The van der Waals surface area contributed by atoms with Gasteiger partial charge >= 0.3 is 0 Å². The first-order valence-electron chi connectivity index (χ1n) is 8.81. The lowest BCUT2D eigenvalue weighted by atomic mass is 10.1. The van der Waals surface area contributed by atoms with Gasteiger partial charge in [0.05, 0.1) is 24.9 Å². The summed E-state index contributed by atoms with van der Waals surface area (Å²) < 4.78 is 10.4. The number of anilines is 1. The molecule has 2 aromatic carbocycles. The number of carbonyl (C=O) groups is 2.